The molecule has 1 aromatic heterocycles. The number of aromatic nitrogens is 1. The highest BCUT2D eigenvalue weighted by molar-refractivity contribution is 7.85. The third-order valence-corrected chi connectivity index (χ3v) is 3.62. The fraction of sp³-hybridized carbons (Fsp3) is 0.154. The van der Waals surface area contributed by atoms with E-state index in [0.717, 1.165) is 28.6 Å². The van der Waals surface area contributed by atoms with Gasteiger partial charge in [0.15, 0.2) is 0 Å². The molecule has 4 nitrogen and oxygen atoms in total. The van der Waals surface area contributed by atoms with Crippen molar-refractivity contribution in [3.63, 3.8) is 0 Å². The van der Waals surface area contributed by atoms with Crippen LogP contribution in [0, 0.1) is 12.3 Å². The Balaban J connectivity index is 2.26. The molecule has 0 unspecified atom stereocenters. The van der Waals surface area contributed by atoms with Crippen LogP contribution in [0.15, 0.2) is 29.6 Å². The number of rotatable bonds is 4. The molecule has 0 aliphatic carbocycles. The number of nitrogens with zero attached hydrogens (tertiary/aromatic N) is 1. The first-order valence-electron chi connectivity index (χ1n) is 5.34. The van der Waals surface area contributed by atoms with Crippen LogP contribution in [-0.2, 0) is 20.9 Å². The number of hydrogen-bond acceptors (Lipinski definition) is 5. The maximum Gasteiger partial charge on any atom is 0.264 e. The van der Waals surface area contributed by atoms with Gasteiger partial charge >= 0.3 is 0 Å². The first-order valence-corrected chi connectivity index (χ1v) is 7.99. The topological polar surface area (TPSA) is 56.3 Å². The zero-order chi connectivity index (χ0) is 13.9. The maximum absolute atomic E-state index is 11.0. The summed E-state index contributed by atoms with van der Waals surface area (Å²) in [6.45, 7) is -0.0123. The van der Waals surface area contributed by atoms with E-state index in [1.807, 2.05) is 24.3 Å². The Morgan fingerprint density at radius 2 is 2.05 bits per heavy atom. The smallest absolute Gasteiger partial charge is 0.264 e. The summed E-state index contributed by atoms with van der Waals surface area (Å²) in [6.07, 6.45) is 6.32. The van der Waals surface area contributed by atoms with Crippen LogP contribution in [-0.4, -0.2) is 19.0 Å². The van der Waals surface area contributed by atoms with Crippen LogP contribution in [0.2, 0.25) is 0 Å². The molecule has 0 atom stereocenters. The quantitative estimate of drug-likeness (QED) is 0.641. The van der Waals surface area contributed by atoms with E-state index in [1.165, 1.54) is 11.5 Å². The molecule has 0 aliphatic heterocycles. The Kier molecular flexibility index (Phi) is 4.00. The molecule has 2 aromatic rings. The highest BCUT2D eigenvalue weighted by Crippen LogP contribution is 2.25. The lowest BCUT2D eigenvalue weighted by Gasteiger charge is -2.03. The molecule has 0 spiro atoms. The fourth-order valence-corrected chi connectivity index (χ4v) is 2.52. The summed E-state index contributed by atoms with van der Waals surface area (Å²) in [5, 5.41) is 1.77. The fourth-order valence-electron chi connectivity index (χ4n) is 1.49. The van der Waals surface area contributed by atoms with Crippen molar-refractivity contribution in [3.05, 3.63) is 40.8 Å². The predicted octanol–water partition coefficient (Wildman–Crippen LogP) is 2.27. The van der Waals surface area contributed by atoms with Gasteiger partial charge in [0, 0.05) is 22.1 Å². The van der Waals surface area contributed by atoms with Crippen LogP contribution in [0.25, 0.3) is 11.3 Å². The second kappa shape index (κ2) is 5.53. The van der Waals surface area contributed by atoms with Crippen molar-refractivity contribution >= 4 is 21.7 Å². The molecule has 0 fully saturated rings. The van der Waals surface area contributed by atoms with E-state index in [4.69, 9.17) is 10.6 Å². The van der Waals surface area contributed by atoms with Crippen LogP contribution in [0.5, 0.6) is 0 Å². The monoisotopic (exact) mass is 293 g/mol. The molecule has 19 heavy (non-hydrogen) atoms. The molecule has 0 radical (unpaired) electrons. The van der Waals surface area contributed by atoms with E-state index in [0.29, 0.717) is 0 Å². The van der Waals surface area contributed by atoms with Crippen molar-refractivity contribution in [3.8, 4) is 23.6 Å². The third-order valence-electron chi connectivity index (χ3n) is 2.40. The summed E-state index contributed by atoms with van der Waals surface area (Å²) in [5.74, 6) is 2.54. The molecule has 0 N–H and O–H groups in total. The second-order valence-corrected chi connectivity index (χ2v) is 6.15. The van der Waals surface area contributed by atoms with E-state index in [2.05, 4.69) is 10.3 Å². The van der Waals surface area contributed by atoms with Gasteiger partial charge in [0.2, 0.25) is 0 Å². The summed E-state index contributed by atoms with van der Waals surface area (Å²) in [6, 6.07) is 7.34. The molecular weight excluding hydrogens is 282 g/mol. The van der Waals surface area contributed by atoms with Crippen molar-refractivity contribution in [2.24, 2.45) is 0 Å². The van der Waals surface area contributed by atoms with Crippen molar-refractivity contribution in [2.45, 2.75) is 6.61 Å². The van der Waals surface area contributed by atoms with E-state index in [-0.39, 0.29) is 6.61 Å². The standard InChI is InChI=1S/C13H11NO3S2/c1-3-10-4-6-11(7-5-10)13-12(9-18-14-13)8-17-19(2,15)16/h1,4-7,9H,8H2,2H3. The maximum atomic E-state index is 11.0. The number of terminal acetylenes is 1. The Labute approximate surface area is 116 Å². The normalized spacial score (nSPS) is 11.2. The van der Waals surface area contributed by atoms with E-state index in [1.54, 1.807) is 5.38 Å². The van der Waals surface area contributed by atoms with Gasteiger partial charge < -0.3 is 0 Å². The SMILES string of the molecule is C#Cc1ccc(-c2nscc2COS(C)(=O)=O)cc1. The van der Waals surface area contributed by atoms with Crippen LogP contribution >= 0.6 is 11.5 Å². The molecule has 6 heteroatoms. The van der Waals surface area contributed by atoms with Crippen LogP contribution in [0.1, 0.15) is 11.1 Å². The molecule has 0 saturated heterocycles. The van der Waals surface area contributed by atoms with Gasteiger partial charge in [-0.3, -0.25) is 4.18 Å². The van der Waals surface area contributed by atoms with Crippen molar-refractivity contribution < 1.29 is 12.6 Å². The Bertz CT molecular complexity index is 709. The Hall–Kier alpha value is -1.68. The van der Waals surface area contributed by atoms with Gasteiger partial charge in [0.25, 0.3) is 10.1 Å². The van der Waals surface area contributed by atoms with Gasteiger partial charge in [0.05, 0.1) is 18.6 Å². The van der Waals surface area contributed by atoms with E-state index >= 15 is 0 Å². The molecule has 1 heterocycles. The highest BCUT2D eigenvalue weighted by Gasteiger charge is 2.11. The average Bonchev–Trinajstić information content (AvgIpc) is 2.84. The van der Waals surface area contributed by atoms with Crippen LogP contribution < -0.4 is 0 Å². The minimum Gasteiger partial charge on any atom is -0.265 e. The molecule has 1 aromatic carbocycles. The lowest BCUT2D eigenvalue weighted by atomic mass is 10.1. The third kappa shape index (κ3) is 3.64. The summed E-state index contributed by atoms with van der Waals surface area (Å²) in [5.41, 5.74) is 3.13. The Morgan fingerprint density at radius 1 is 1.37 bits per heavy atom. The minimum atomic E-state index is -3.46. The molecule has 0 saturated carbocycles. The largest absolute Gasteiger partial charge is 0.265 e. The summed E-state index contributed by atoms with van der Waals surface area (Å²) in [4.78, 5) is 0. The number of benzene rings is 1. The van der Waals surface area contributed by atoms with Gasteiger partial charge in [-0.15, -0.1) is 6.42 Å². The molecule has 2 rings (SSSR count). The van der Waals surface area contributed by atoms with Crippen LogP contribution in [0.4, 0.5) is 0 Å². The van der Waals surface area contributed by atoms with Gasteiger partial charge in [-0.25, -0.2) is 0 Å². The Morgan fingerprint density at radius 3 is 2.63 bits per heavy atom. The van der Waals surface area contributed by atoms with Gasteiger partial charge in [-0.1, -0.05) is 18.1 Å². The molecule has 0 amide bonds. The summed E-state index contributed by atoms with van der Waals surface area (Å²) >= 11 is 1.26. The van der Waals surface area contributed by atoms with Gasteiger partial charge in [0.1, 0.15) is 0 Å². The van der Waals surface area contributed by atoms with E-state index in [9.17, 15) is 8.42 Å². The van der Waals surface area contributed by atoms with Gasteiger partial charge in [-0.05, 0) is 23.7 Å². The van der Waals surface area contributed by atoms with Crippen molar-refractivity contribution in [2.75, 3.05) is 6.26 Å². The molecule has 0 aliphatic rings. The lowest BCUT2D eigenvalue weighted by Crippen LogP contribution is -2.02. The highest BCUT2D eigenvalue weighted by atomic mass is 32.2. The predicted molar refractivity (Wildman–Crippen MR) is 75.1 cm³/mol. The summed E-state index contributed by atoms with van der Waals surface area (Å²) in [7, 11) is -3.46. The average molecular weight is 293 g/mol. The minimum absolute atomic E-state index is 0.0123. The lowest BCUT2D eigenvalue weighted by molar-refractivity contribution is 0.312. The van der Waals surface area contributed by atoms with Crippen molar-refractivity contribution in [1.82, 2.24) is 4.37 Å². The number of hydrogen-bond donors (Lipinski definition) is 0. The molecule has 98 valence electrons. The zero-order valence-electron chi connectivity index (χ0n) is 10.2. The summed E-state index contributed by atoms with van der Waals surface area (Å²) < 4.78 is 31.0. The van der Waals surface area contributed by atoms with E-state index < -0.39 is 10.1 Å². The molecule has 0 bridgehead atoms. The first kappa shape index (κ1) is 13.7. The zero-order valence-corrected chi connectivity index (χ0v) is 11.8. The van der Waals surface area contributed by atoms with Crippen LogP contribution in [0.3, 0.4) is 0 Å². The molecular formula is C13H11NO3S2. The first-order chi connectivity index (χ1) is 8.99. The van der Waals surface area contributed by atoms with Gasteiger partial charge in [-0.2, -0.15) is 12.8 Å². The second-order valence-electron chi connectivity index (χ2n) is 3.88. The van der Waals surface area contributed by atoms with Crippen molar-refractivity contribution in [1.29, 1.82) is 0 Å².